The van der Waals surface area contributed by atoms with Crippen molar-refractivity contribution in [2.24, 2.45) is 0 Å². The van der Waals surface area contributed by atoms with Crippen molar-refractivity contribution in [1.29, 1.82) is 0 Å². The predicted octanol–water partition coefficient (Wildman–Crippen LogP) is 1.64. The van der Waals surface area contributed by atoms with Crippen molar-refractivity contribution in [2.75, 3.05) is 7.05 Å². The zero-order valence-electron chi connectivity index (χ0n) is 9.79. The van der Waals surface area contributed by atoms with Gasteiger partial charge in [0.2, 0.25) is 0 Å². The van der Waals surface area contributed by atoms with E-state index >= 15 is 0 Å². The molecule has 0 saturated heterocycles. The van der Waals surface area contributed by atoms with E-state index in [1.807, 2.05) is 19.1 Å². The van der Waals surface area contributed by atoms with Crippen molar-refractivity contribution in [2.45, 2.75) is 13.0 Å². The number of carbonyl (C=O) groups excluding carboxylic acids is 1. The number of amides is 1. The molecule has 2 rings (SSSR count). The van der Waals surface area contributed by atoms with Gasteiger partial charge in [-0.2, -0.15) is 5.10 Å². The lowest BCUT2D eigenvalue weighted by atomic mass is 10.1. The highest BCUT2D eigenvalue weighted by Crippen LogP contribution is 2.19. The molecule has 1 unspecified atom stereocenters. The third kappa shape index (κ3) is 2.33. The first kappa shape index (κ1) is 11.3. The number of hydrogen-bond acceptors (Lipinski definition) is 3. The summed E-state index contributed by atoms with van der Waals surface area (Å²) in [6.45, 7) is 1.98. The summed E-state index contributed by atoms with van der Waals surface area (Å²) in [6.07, 6.45) is 6.57. The molecule has 0 aromatic carbocycles. The molecule has 2 heterocycles. The van der Waals surface area contributed by atoms with Crippen LogP contribution >= 0.6 is 0 Å². The lowest BCUT2D eigenvalue weighted by Crippen LogP contribution is -2.29. The van der Waals surface area contributed by atoms with Gasteiger partial charge in [0.15, 0.2) is 0 Å². The number of carbonyl (C=O) groups is 1. The molecule has 5 heteroatoms. The van der Waals surface area contributed by atoms with Crippen LogP contribution < -0.4 is 0 Å². The fourth-order valence-corrected chi connectivity index (χ4v) is 1.61. The molecule has 1 atom stereocenters. The minimum atomic E-state index is -0.0527. The van der Waals surface area contributed by atoms with Crippen LogP contribution in [0.2, 0.25) is 0 Å². The van der Waals surface area contributed by atoms with Crippen molar-refractivity contribution >= 4 is 5.91 Å². The number of aromatic amines is 1. The van der Waals surface area contributed by atoms with E-state index in [0.29, 0.717) is 5.56 Å². The van der Waals surface area contributed by atoms with E-state index < -0.39 is 0 Å². The molecule has 0 saturated carbocycles. The van der Waals surface area contributed by atoms with E-state index in [9.17, 15) is 4.79 Å². The quantitative estimate of drug-likeness (QED) is 0.871. The van der Waals surface area contributed by atoms with Gasteiger partial charge in [0.1, 0.15) is 0 Å². The number of rotatable bonds is 3. The van der Waals surface area contributed by atoms with Gasteiger partial charge >= 0.3 is 0 Å². The maximum Gasteiger partial charge on any atom is 0.257 e. The number of nitrogens with zero attached hydrogens (tertiary/aromatic N) is 3. The Morgan fingerprint density at radius 1 is 1.41 bits per heavy atom. The van der Waals surface area contributed by atoms with E-state index in [2.05, 4.69) is 15.2 Å². The van der Waals surface area contributed by atoms with Gasteiger partial charge in [-0.25, -0.2) is 0 Å². The second kappa shape index (κ2) is 4.78. The van der Waals surface area contributed by atoms with E-state index in [1.165, 1.54) is 6.20 Å². The highest BCUT2D eigenvalue weighted by atomic mass is 16.2. The minimum absolute atomic E-state index is 0.000370. The summed E-state index contributed by atoms with van der Waals surface area (Å²) in [6, 6.07) is 3.81. The average Bonchev–Trinajstić information content (AvgIpc) is 2.91. The molecule has 1 N–H and O–H groups in total. The number of nitrogens with one attached hydrogen (secondary N) is 1. The molecule has 2 aromatic rings. The molecule has 0 aliphatic carbocycles. The molecule has 0 fully saturated rings. The van der Waals surface area contributed by atoms with Crippen molar-refractivity contribution in [1.82, 2.24) is 20.1 Å². The van der Waals surface area contributed by atoms with E-state index in [-0.39, 0.29) is 11.9 Å². The molecule has 17 heavy (non-hydrogen) atoms. The number of aromatic nitrogens is 3. The molecule has 0 bridgehead atoms. The van der Waals surface area contributed by atoms with Crippen LogP contribution in [-0.4, -0.2) is 33.0 Å². The summed E-state index contributed by atoms with van der Waals surface area (Å²) in [5.74, 6) is -0.0527. The SMILES string of the molecule is CC(c1ccncc1)N(C)C(=O)c1cn[nH]c1. The standard InChI is InChI=1S/C12H14N4O/c1-9(10-3-5-13-6-4-10)16(2)12(17)11-7-14-15-8-11/h3-9H,1-2H3,(H,14,15). The Balaban J connectivity index is 2.15. The second-order valence-corrected chi connectivity index (χ2v) is 3.86. The third-order valence-corrected chi connectivity index (χ3v) is 2.83. The maximum atomic E-state index is 12.1. The van der Waals surface area contributed by atoms with Crippen LogP contribution in [0, 0.1) is 0 Å². The summed E-state index contributed by atoms with van der Waals surface area (Å²) >= 11 is 0. The maximum absolute atomic E-state index is 12.1. The summed E-state index contributed by atoms with van der Waals surface area (Å²) in [4.78, 5) is 17.7. The predicted molar refractivity (Wildman–Crippen MR) is 63.3 cm³/mol. The van der Waals surface area contributed by atoms with E-state index in [1.54, 1.807) is 30.5 Å². The van der Waals surface area contributed by atoms with Gasteiger partial charge in [0, 0.05) is 25.6 Å². The lowest BCUT2D eigenvalue weighted by molar-refractivity contribution is 0.0742. The Kier molecular flexibility index (Phi) is 3.18. The Morgan fingerprint density at radius 2 is 2.12 bits per heavy atom. The van der Waals surface area contributed by atoms with Crippen molar-refractivity contribution in [3.63, 3.8) is 0 Å². The highest BCUT2D eigenvalue weighted by molar-refractivity contribution is 5.93. The minimum Gasteiger partial charge on any atom is -0.335 e. The molecule has 0 aliphatic heterocycles. The third-order valence-electron chi connectivity index (χ3n) is 2.83. The fraction of sp³-hybridized carbons (Fsp3) is 0.250. The smallest absolute Gasteiger partial charge is 0.257 e. The average molecular weight is 230 g/mol. The first-order valence-corrected chi connectivity index (χ1v) is 5.36. The highest BCUT2D eigenvalue weighted by Gasteiger charge is 2.19. The first-order valence-electron chi connectivity index (χ1n) is 5.36. The van der Waals surface area contributed by atoms with E-state index in [0.717, 1.165) is 5.56 Å². The Hall–Kier alpha value is -2.17. The van der Waals surface area contributed by atoms with Gasteiger partial charge in [0.05, 0.1) is 17.8 Å². The molecule has 88 valence electrons. The Morgan fingerprint density at radius 3 is 2.71 bits per heavy atom. The molecule has 0 radical (unpaired) electrons. The topological polar surface area (TPSA) is 61.9 Å². The number of pyridine rings is 1. The van der Waals surface area contributed by atoms with E-state index in [4.69, 9.17) is 0 Å². The van der Waals surface area contributed by atoms with Gasteiger partial charge in [-0.05, 0) is 24.6 Å². The van der Waals surface area contributed by atoms with Crippen LogP contribution in [-0.2, 0) is 0 Å². The monoisotopic (exact) mass is 230 g/mol. The molecular formula is C12H14N4O. The van der Waals surface area contributed by atoms with Crippen LogP contribution in [0.3, 0.4) is 0 Å². The lowest BCUT2D eigenvalue weighted by Gasteiger charge is -2.24. The van der Waals surface area contributed by atoms with Crippen molar-refractivity contribution in [3.05, 3.63) is 48.0 Å². The molecule has 5 nitrogen and oxygen atoms in total. The zero-order valence-corrected chi connectivity index (χ0v) is 9.79. The Labute approximate surface area is 99.5 Å². The van der Waals surface area contributed by atoms with Crippen LogP contribution in [0.25, 0.3) is 0 Å². The zero-order chi connectivity index (χ0) is 12.3. The first-order chi connectivity index (χ1) is 8.20. The normalized spacial score (nSPS) is 12.1. The van der Waals surface area contributed by atoms with Gasteiger partial charge in [-0.3, -0.25) is 14.9 Å². The molecule has 1 amide bonds. The fourth-order valence-electron chi connectivity index (χ4n) is 1.61. The Bertz CT molecular complexity index is 480. The van der Waals surface area contributed by atoms with Crippen LogP contribution in [0.15, 0.2) is 36.9 Å². The summed E-state index contributed by atoms with van der Waals surface area (Å²) in [5.41, 5.74) is 1.62. The number of H-pyrrole nitrogens is 1. The van der Waals surface area contributed by atoms with Gasteiger partial charge in [-0.15, -0.1) is 0 Å². The summed E-state index contributed by atoms with van der Waals surface area (Å²) in [5, 5.41) is 6.41. The van der Waals surface area contributed by atoms with Crippen molar-refractivity contribution in [3.8, 4) is 0 Å². The molecular weight excluding hydrogens is 216 g/mol. The summed E-state index contributed by atoms with van der Waals surface area (Å²) in [7, 11) is 1.78. The molecule has 0 aliphatic rings. The molecule has 0 spiro atoms. The molecule has 2 aromatic heterocycles. The van der Waals surface area contributed by atoms with Crippen LogP contribution in [0.4, 0.5) is 0 Å². The van der Waals surface area contributed by atoms with Gasteiger partial charge in [-0.1, -0.05) is 0 Å². The van der Waals surface area contributed by atoms with Crippen molar-refractivity contribution < 1.29 is 4.79 Å². The van der Waals surface area contributed by atoms with Crippen LogP contribution in [0.5, 0.6) is 0 Å². The van der Waals surface area contributed by atoms with Gasteiger partial charge < -0.3 is 4.90 Å². The van der Waals surface area contributed by atoms with Gasteiger partial charge in [0.25, 0.3) is 5.91 Å². The largest absolute Gasteiger partial charge is 0.335 e. The van der Waals surface area contributed by atoms with Crippen LogP contribution in [0.1, 0.15) is 28.9 Å². The second-order valence-electron chi connectivity index (χ2n) is 3.86. The number of hydrogen-bond donors (Lipinski definition) is 1. The summed E-state index contributed by atoms with van der Waals surface area (Å²) < 4.78 is 0.